The van der Waals surface area contributed by atoms with Gasteiger partial charge < -0.3 is 5.32 Å². The Bertz CT molecular complexity index is 785. The van der Waals surface area contributed by atoms with Crippen LogP contribution in [0.25, 0.3) is 10.2 Å². The minimum atomic E-state index is -0.188. The quantitative estimate of drug-likeness (QED) is 0.727. The van der Waals surface area contributed by atoms with Crippen LogP contribution in [0.1, 0.15) is 11.1 Å². The lowest BCUT2D eigenvalue weighted by Gasteiger charge is -2.06. The van der Waals surface area contributed by atoms with Crippen molar-refractivity contribution in [2.75, 3.05) is 11.9 Å². The summed E-state index contributed by atoms with van der Waals surface area (Å²) >= 11 is 7.56. The zero-order valence-corrected chi connectivity index (χ0v) is 13.1. The summed E-state index contributed by atoms with van der Waals surface area (Å²) in [5.41, 5.74) is 3.04. The molecule has 0 aliphatic rings. The van der Waals surface area contributed by atoms with Gasteiger partial charge in [-0.2, -0.15) is 0 Å². The summed E-state index contributed by atoms with van der Waals surface area (Å²) in [6, 6.07) is 10.6. The molecule has 0 unspecified atom stereocenters. The van der Waals surface area contributed by atoms with Crippen LogP contribution in [0.2, 0.25) is 5.02 Å². The molecule has 0 fully saturated rings. The van der Waals surface area contributed by atoms with Crippen molar-refractivity contribution in [2.24, 2.45) is 0 Å². The third kappa shape index (κ3) is 3.34. The Balaban J connectivity index is 1.66. The Kier molecular flexibility index (Phi) is 4.08. The SMILES string of the molecule is Cc1cc(F)ccc1CCNc1nc2cc(Cl)ccc2s1. The lowest BCUT2D eigenvalue weighted by Crippen LogP contribution is -2.05. The number of nitrogens with one attached hydrogen (secondary N) is 1. The number of benzene rings is 2. The minimum Gasteiger partial charge on any atom is -0.361 e. The van der Waals surface area contributed by atoms with E-state index in [1.54, 1.807) is 17.4 Å². The molecule has 5 heteroatoms. The van der Waals surface area contributed by atoms with Gasteiger partial charge in [0.15, 0.2) is 5.13 Å². The molecule has 3 aromatic rings. The van der Waals surface area contributed by atoms with Gasteiger partial charge in [0.1, 0.15) is 5.82 Å². The number of aryl methyl sites for hydroxylation is 1. The Labute approximate surface area is 131 Å². The van der Waals surface area contributed by atoms with Crippen molar-refractivity contribution in [2.45, 2.75) is 13.3 Å². The molecule has 0 amide bonds. The van der Waals surface area contributed by atoms with Gasteiger partial charge in [-0.25, -0.2) is 9.37 Å². The first kappa shape index (κ1) is 14.3. The maximum absolute atomic E-state index is 13.1. The number of aromatic nitrogens is 1. The molecule has 0 aliphatic heterocycles. The molecule has 0 saturated heterocycles. The van der Waals surface area contributed by atoms with E-state index in [0.29, 0.717) is 5.02 Å². The van der Waals surface area contributed by atoms with Crippen molar-refractivity contribution in [3.8, 4) is 0 Å². The third-order valence-corrected chi connectivity index (χ3v) is 4.55. The molecule has 0 spiro atoms. The second kappa shape index (κ2) is 6.00. The number of thiazole rings is 1. The summed E-state index contributed by atoms with van der Waals surface area (Å²) in [7, 11) is 0. The van der Waals surface area contributed by atoms with E-state index < -0.39 is 0 Å². The topological polar surface area (TPSA) is 24.9 Å². The van der Waals surface area contributed by atoms with E-state index in [4.69, 9.17) is 11.6 Å². The van der Waals surface area contributed by atoms with Gasteiger partial charge in [0.2, 0.25) is 0 Å². The van der Waals surface area contributed by atoms with Crippen LogP contribution in [0.5, 0.6) is 0 Å². The average molecular weight is 321 g/mol. The highest BCUT2D eigenvalue weighted by Gasteiger charge is 2.05. The number of halogens is 2. The number of rotatable bonds is 4. The van der Waals surface area contributed by atoms with E-state index in [2.05, 4.69) is 10.3 Å². The summed E-state index contributed by atoms with van der Waals surface area (Å²) in [5, 5.41) is 4.89. The molecule has 0 bridgehead atoms. The Hall–Kier alpha value is -1.65. The van der Waals surface area contributed by atoms with Gasteiger partial charge in [0.05, 0.1) is 10.2 Å². The molecule has 0 saturated carbocycles. The molecule has 108 valence electrons. The van der Waals surface area contributed by atoms with Crippen LogP contribution in [-0.2, 0) is 6.42 Å². The highest BCUT2D eigenvalue weighted by Crippen LogP contribution is 2.28. The van der Waals surface area contributed by atoms with Crippen molar-refractivity contribution in [3.63, 3.8) is 0 Å². The molecule has 1 N–H and O–H groups in total. The summed E-state index contributed by atoms with van der Waals surface area (Å²) < 4.78 is 14.2. The summed E-state index contributed by atoms with van der Waals surface area (Å²) in [5.74, 6) is -0.188. The number of anilines is 1. The minimum absolute atomic E-state index is 0.188. The molecule has 0 aliphatic carbocycles. The van der Waals surface area contributed by atoms with Crippen molar-refractivity contribution >= 4 is 38.3 Å². The monoisotopic (exact) mass is 320 g/mol. The molecule has 2 aromatic carbocycles. The number of hydrogen-bond donors (Lipinski definition) is 1. The van der Waals surface area contributed by atoms with Crippen molar-refractivity contribution < 1.29 is 4.39 Å². The van der Waals surface area contributed by atoms with Gasteiger partial charge in [-0.15, -0.1) is 0 Å². The smallest absolute Gasteiger partial charge is 0.183 e. The van der Waals surface area contributed by atoms with E-state index in [0.717, 1.165) is 39.4 Å². The van der Waals surface area contributed by atoms with E-state index >= 15 is 0 Å². The number of hydrogen-bond acceptors (Lipinski definition) is 3. The Morgan fingerprint density at radius 3 is 2.90 bits per heavy atom. The predicted molar refractivity (Wildman–Crippen MR) is 88.0 cm³/mol. The van der Waals surface area contributed by atoms with Crippen molar-refractivity contribution in [1.29, 1.82) is 0 Å². The molecule has 21 heavy (non-hydrogen) atoms. The number of fused-ring (bicyclic) bond motifs is 1. The first-order valence-electron chi connectivity index (χ1n) is 6.67. The number of nitrogens with zero attached hydrogens (tertiary/aromatic N) is 1. The van der Waals surface area contributed by atoms with Gasteiger partial charge in [-0.3, -0.25) is 0 Å². The molecular weight excluding hydrogens is 307 g/mol. The molecule has 0 atom stereocenters. The van der Waals surface area contributed by atoms with Crippen LogP contribution < -0.4 is 5.32 Å². The maximum atomic E-state index is 13.1. The average Bonchev–Trinajstić information content (AvgIpc) is 2.83. The van der Waals surface area contributed by atoms with E-state index in [1.165, 1.54) is 6.07 Å². The Morgan fingerprint density at radius 1 is 1.24 bits per heavy atom. The second-order valence-electron chi connectivity index (χ2n) is 4.88. The van der Waals surface area contributed by atoms with Crippen molar-refractivity contribution in [3.05, 3.63) is 58.4 Å². The van der Waals surface area contributed by atoms with Crippen LogP contribution >= 0.6 is 22.9 Å². The molecule has 1 heterocycles. The van der Waals surface area contributed by atoms with Crippen molar-refractivity contribution in [1.82, 2.24) is 4.98 Å². The fraction of sp³-hybridized carbons (Fsp3) is 0.188. The molecule has 0 radical (unpaired) electrons. The lowest BCUT2D eigenvalue weighted by molar-refractivity contribution is 0.625. The van der Waals surface area contributed by atoms with Gasteiger partial charge in [0, 0.05) is 11.6 Å². The highest BCUT2D eigenvalue weighted by molar-refractivity contribution is 7.22. The van der Waals surface area contributed by atoms with E-state index in [9.17, 15) is 4.39 Å². The molecule has 1 aromatic heterocycles. The van der Waals surface area contributed by atoms with Gasteiger partial charge >= 0.3 is 0 Å². The van der Waals surface area contributed by atoms with Crippen LogP contribution in [0.15, 0.2) is 36.4 Å². The van der Waals surface area contributed by atoms with Crippen LogP contribution in [0, 0.1) is 12.7 Å². The second-order valence-corrected chi connectivity index (χ2v) is 6.35. The third-order valence-electron chi connectivity index (χ3n) is 3.32. The van der Waals surface area contributed by atoms with Crippen LogP contribution in [0.4, 0.5) is 9.52 Å². The fourth-order valence-corrected chi connectivity index (χ4v) is 3.26. The zero-order valence-electron chi connectivity index (χ0n) is 11.5. The standard InChI is InChI=1S/C16H14ClFN2S/c1-10-8-13(18)4-2-11(10)6-7-19-16-20-14-9-12(17)3-5-15(14)21-16/h2-5,8-9H,6-7H2,1H3,(H,19,20). The maximum Gasteiger partial charge on any atom is 0.183 e. The van der Waals surface area contributed by atoms with Crippen LogP contribution in [-0.4, -0.2) is 11.5 Å². The molecule has 3 rings (SSSR count). The Morgan fingerprint density at radius 2 is 2.10 bits per heavy atom. The molecule has 2 nitrogen and oxygen atoms in total. The van der Waals surface area contributed by atoms with E-state index in [-0.39, 0.29) is 5.82 Å². The zero-order chi connectivity index (χ0) is 14.8. The van der Waals surface area contributed by atoms with Crippen LogP contribution in [0.3, 0.4) is 0 Å². The molecular formula is C16H14ClFN2S. The first-order chi connectivity index (χ1) is 10.1. The lowest BCUT2D eigenvalue weighted by atomic mass is 10.1. The van der Waals surface area contributed by atoms with Gasteiger partial charge in [-0.1, -0.05) is 29.0 Å². The normalized spacial score (nSPS) is 11.0. The fourth-order valence-electron chi connectivity index (χ4n) is 2.22. The largest absolute Gasteiger partial charge is 0.361 e. The van der Waals surface area contributed by atoms with Gasteiger partial charge in [-0.05, 0) is 54.8 Å². The first-order valence-corrected chi connectivity index (χ1v) is 7.86. The summed E-state index contributed by atoms with van der Waals surface area (Å²) in [4.78, 5) is 4.50. The summed E-state index contributed by atoms with van der Waals surface area (Å²) in [6.45, 7) is 2.69. The summed E-state index contributed by atoms with van der Waals surface area (Å²) in [6.07, 6.45) is 0.836. The van der Waals surface area contributed by atoms with Gasteiger partial charge in [0.25, 0.3) is 0 Å². The predicted octanol–water partition coefficient (Wildman–Crippen LogP) is 5.05. The highest BCUT2D eigenvalue weighted by atomic mass is 35.5. The van der Waals surface area contributed by atoms with E-state index in [1.807, 2.05) is 31.2 Å².